The Kier molecular flexibility index (Phi) is 4.30. The van der Waals surface area contributed by atoms with Gasteiger partial charge >= 0.3 is 0 Å². The van der Waals surface area contributed by atoms with E-state index in [1.165, 1.54) is 0 Å². The molecule has 1 aliphatic heterocycles. The van der Waals surface area contributed by atoms with Crippen LogP contribution in [0.5, 0.6) is 0 Å². The van der Waals surface area contributed by atoms with Crippen LogP contribution in [0.1, 0.15) is 46.7 Å². The average Bonchev–Trinajstić information content (AvgIpc) is 3.19. The third-order valence-electron chi connectivity index (χ3n) is 4.97. The fourth-order valence-corrected chi connectivity index (χ4v) is 3.80. The molecule has 1 aliphatic carbocycles. The number of piperidine rings is 1. The van der Waals surface area contributed by atoms with Gasteiger partial charge in [0, 0.05) is 36.6 Å². The quantitative estimate of drug-likeness (QED) is 0.897. The Morgan fingerprint density at radius 3 is 3.17 bits per heavy atom. The van der Waals surface area contributed by atoms with Gasteiger partial charge in [-0.3, -0.25) is 19.8 Å². The van der Waals surface area contributed by atoms with Gasteiger partial charge in [0.2, 0.25) is 0 Å². The molecule has 6 heteroatoms. The molecule has 126 valence electrons. The topological polar surface area (TPSA) is 73.9 Å². The summed E-state index contributed by atoms with van der Waals surface area (Å²) in [5.41, 5.74) is 3.94. The predicted molar refractivity (Wildman–Crippen MR) is 90.6 cm³/mol. The molecule has 1 saturated heterocycles. The van der Waals surface area contributed by atoms with Gasteiger partial charge < -0.3 is 5.32 Å². The van der Waals surface area contributed by atoms with Crippen LogP contribution in [0.15, 0.2) is 24.4 Å². The average molecular weight is 325 g/mol. The van der Waals surface area contributed by atoms with E-state index >= 15 is 0 Å². The van der Waals surface area contributed by atoms with Gasteiger partial charge in [0.25, 0.3) is 5.91 Å². The zero-order valence-corrected chi connectivity index (χ0v) is 13.8. The van der Waals surface area contributed by atoms with Crippen molar-refractivity contribution in [2.45, 2.75) is 44.7 Å². The lowest BCUT2D eigenvalue weighted by Gasteiger charge is -2.32. The number of carbonyl (C=O) groups excluding carboxylic acids is 1. The van der Waals surface area contributed by atoms with E-state index in [0.29, 0.717) is 5.69 Å². The Morgan fingerprint density at radius 2 is 2.29 bits per heavy atom. The van der Waals surface area contributed by atoms with Crippen LogP contribution >= 0.6 is 0 Å². The SMILES string of the molecule is O=C(NC1CCCN(Cc2ccccn2)C1)c1n[nH]c2c1CCC2. The highest BCUT2D eigenvalue weighted by molar-refractivity contribution is 5.94. The van der Waals surface area contributed by atoms with Crippen LogP contribution in [0.25, 0.3) is 0 Å². The Hall–Kier alpha value is -2.21. The number of fused-ring (bicyclic) bond motifs is 1. The molecule has 0 radical (unpaired) electrons. The lowest BCUT2D eigenvalue weighted by molar-refractivity contribution is 0.0894. The maximum Gasteiger partial charge on any atom is 0.272 e. The molecular formula is C18H23N5O. The van der Waals surface area contributed by atoms with E-state index in [-0.39, 0.29) is 11.9 Å². The molecule has 2 aromatic heterocycles. The number of aromatic nitrogens is 3. The van der Waals surface area contributed by atoms with E-state index in [9.17, 15) is 4.79 Å². The normalized spacial score (nSPS) is 20.8. The van der Waals surface area contributed by atoms with Crippen molar-refractivity contribution in [3.63, 3.8) is 0 Å². The first-order chi connectivity index (χ1) is 11.8. The minimum Gasteiger partial charge on any atom is -0.347 e. The van der Waals surface area contributed by atoms with E-state index in [2.05, 4.69) is 31.5 Å². The smallest absolute Gasteiger partial charge is 0.272 e. The number of pyridine rings is 1. The summed E-state index contributed by atoms with van der Waals surface area (Å²) < 4.78 is 0. The van der Waals surface area contributed by atoms with Crippen molar-refractivity contribution in [3.8, 4) is 0 Å². The van der Waals surface area contributed by atoms with E-state index in [4.69, 9.17) is 0 Å². The summed E-state index contributed by atoms with van der Waals surface area (Å²) in [4.78, 5) is 19.3. The van der Waals surface area contributed by atoms with Crippen LogP contribution in [0.4, 0.5) is 0 Å². The molecule has 1 unspecified atom stereocenters. The van der Waals surface area contributed by atoms with Crippen molar-refractivity contribution in [1.29, 1.82) is 0 Å². The summed E-state index contributed by atoms with van der Waals surface area (Å²) in [6, 6.07) is 6.19. The molecular weight excluding hydrogens is 302 g/mol. The van der Waals surface area contributed by atoms with Gasteiger partial charge in [-0.05, 0) is 50.8 Å². The van der Waals surface area contributed by atoms with E-state index in [1.54, 1.807) is 0 Å². The molecule has 3 heterocycles. The number of aryl methyl sites for hydroxylation is 1. The van der Waals surface area contributed by atoms with Gasteiger partial charge in [-0.15, -0.1) is 0 Å². The number of nitrogens with zero attached hydrogens (tertiary/aromatic N) is 3. The number of nitrogens with one attached hydrogen (secondary N) is 2. The summed E-state index contributed by atoms with van der Waals surface area (Å²) in [5.74, 6) is -0.0286. The molecule has 0 spiro atoms. The minimum absolute atomic E-state index is 0.0286. The summed E-state index contributed by atoms with van der Waals surface area (Å²) in [6.45, 7) is 2.76. The molecule has 1 fully saturated rings. The van der Waals surface area contributed by atoms with E-state index in [1.807, 2.05) is 18.3 Å². The standard InChI is InChI=1S/C18H23N5O/c24-18(17-15-7-3-8-16(15)21-22-17)20-14-6-4-10-23(12-14)11-13-5-1-2-9-19-13/h1-2,5,9,14H,3-4,6-8,10-12H2,(H,20,24)(H,21,22). The summed E-state index contributed by atoms with van der Waals surface area (Å²) in [7, 11) is 0. The second-order valence-corrected chi connectivity index (χ2v) is 6.75. The van der Waals surface area contributed by atoms with Crippen molar-refractivity contribution in [2.75, 3.05) is 13.1 Å². The molecule has 4 rings (SSSR count). The number of hydrogen-bond donors (Lipinski definition) is 2. The summed E-state index contributed by atoms with van der Waals surface area (Å²) >= 11 is 0. The van der Waals surface area contributed by atoms with Crippen molar-refractivity contribution < 1.29 is 4.79 Å². The largest absolute Gasteiger partial charge is 0.347 e. The van der Waals surface area contributed by atoms with Crippen LogP contribution in [-0.4, -0.2) is 45.1 Å². The minimum atomic E-state index is -0.0286. The van der Waals surface area contributed by atoms with Crippen LogP contribution in [-0.2, 0) is 19.4 Å². The molecule has 0 bridgehead atoms. The maximum absolute atomic E-state index is 12.6. The third-order valence-corrected chi connectivity index (χ3v) is 4.97. The van der Waals surface area contributed by atoms with Gasteiger partial charge in [0.1, 0.15) is 0 Å². The fourth-order valence-electron chi connectivity index (χ4n) is 3.80. The predicted octanol–water partition coefficient (Wildman–Crippen LogP) is 1.69. The lowest BCUT2D eigenvalue weighted by Crippen LogP contribution is -2.47. The maximum atomic E-state index is 12.6. The second-order valence-electron chi connectivity index (χ2n) is 6.75. The number of aromatic amines is 1. The molecule has 2 aliphatic rings. The van der Waals surface area contributed by atoms with Crippen molar-refractivity contribution in [1.82, 2.24) is 25.4 Å². The zero-order chi connectivity index (χ0) is 16.4. The number of H-pyrrole nitrogens is 1. The molecule has 24 heavy (non-hydrogen) atoms. The van der Waals surface area contributed by atoms with Crippen molar-refractivity contribution in [2.24, 2.45) is 0 Å². The molecule has 6 nitrogen and oxygen atoms in total. The van der Waals surface area contributed by atoms with Gasteiger partial charge in [-0.1, -0.05) is 6.07 Å². The van der Waals surface area contributed by atoms with Crippen molar-refractivity contribution >= 4 is 5.91 Å². The monoisotopic (exact) mass is 325 g/mol. The molecule has 0 aromatic carbocycles. The zero-order valence-electron chi connectivity index (χ0n) is 13.8. The first-order valence-electron chi connectivity index (χ1n) is 8.79. The fraction of sp³-hybridized carbons (Fsp3) is 0.500. The van der Waals surface area contributed by atoms with Gasteiger partial charge in [0.05, 0.1) is 5.69 Å². The molecule has 0 saturated carbocycles. The van der Waals surface area contributed by atoms with Crippen molar-refractivity contribution in [3.05, 3.63) is 47.0 Å². The summed E-state index contributed by atoms with van der Waals surface area (Å²) in [5, 5.41) is 10.4. The van der Waals surface area contributed by atoms with Crippen LogP contribution in [0.3, 0.4) is 0 Å². The number of rotatable bonds is 4. The van der Waals surface area contributed by atoms with Crippen LogP contribution in [0, 0.1) is 0 Å². The number of amides is 1. The first-order valence-corrected chi connectivity index (χ1v) is 8.79. The Bertz CT molecular complexity index is 711. The Morgan fingerprint density at radius 1 is 1.33 bits per heavy atom. The molecule has 2 N–H and O–H groups in total. The van der Waals surface area contributed by atoms with Crippen LogP contribution < -0.4 is 5.32 Å². The Balaban J connectivity index is 1.37. The molecule has 1 amide bonds. The Labute approximate surface area is 141 Å². The highest BCUT2D eigenvalue weighted by Gasteiger charge is 2.26. The number of carbonyl (C=O) groups is 1. The van der Waals surface area contributed by atoms with Gasteiger partial charge in [0.15, 0.2) is 5.69 Å². The van der Waals surface area contributed by atoms with E-state index in [0.717, 1.165) is 68.7 Å². The number of hydrogen-bond acceptors (Lipinski definition) is 4. The number of likely N-dealkylation sites (tertiary alicyclic amines) is 1. The molecule has 2 aromatic rings. The highest BCUT2D eigenvalue weighted by Crippen LogP contribution is 2.23. The molecule has 1 atom stereocenters. The van der Waals surface area contributed by atoms with Gasteiger partial charge in [-0.25, -0.2) is 0 Å². The van der Waals surface area contributed by atoms with Gasteiger partial charge in [-0.2, -0.15) is 5.10 Å². The lowest BCUT2D eigenvalue weighted by atomic mass is 10.0. The first kappa shape index (κ1) is 15.3. The highest BCUT2D eigenvalue weighted by atomic mass is 16.2. The third kappa shape index (κ3) is 3.19. The van der Waals surface area contributed by atoms with E-state index < -0.39 is 0 Å². The second kappa shape index (κ2) is 6.73. The summed E-state index contributed by atoms with van der Waals surface area (Å²) in [6.07, 6.45) is 7.04. The van der Waals surface area contributed by atoms with Crippen LogP contribution in [0.2, 0.25) is 0 Å².